The number of likely N-dealkylation sites (N-methyl/N-ethyl adjacent to an activating group) is 1. The van der Waals surface area contributed by atoms with E-state index in [0.717, 1.165) is 25.5 Å². The standard InChI is InChI=1S/C33H33BrClN3O4S/c1-3-36-33(40)31(20-25-10-6-4-7-11-25)37(22-26-15-17-27(34)18-16-26)32(39)23-38(28-19-14-24(2)30(35)21-28)43(41,42)29-12-8-5-9-13-29/h4-19,21,31H,3,20,22-23H2,1-2H3,(H,36,40). The fourth-order valence-electron chi connectivity index (χ4n) is 4.62. The Morgan fingerprint density at radius 2 is 1.51 bits per heavy atom. The van der Waals surface area contributed by atoms with Crippen LogP contribution in [0.2, 0.25) is 5.02 Å². The van der Waals surface area contributed by atoms with Crippen LogP contribution in [0.3, 0.4) is 0 Å². The zero-order chi connectivity index (χ0) is 31.0. The van der Waals surface area contributed by atoms with Gasteiger partial charge in [0.25, 0.3) is 10.0 Å². The summed E-state index contributed by atoms with van der Waals surface area (Å²) < 4.78 is 29.9. The van der Waals surface area contributed by atoms with Gasteiger partial charge in [-0.1, -0.05) is 94.3 Å². The molecule has 0 spiro atoms. The van der Waals surface area contributed by atoms with Gasteiger partial charge in [-0.2, -0.15) is 0 Å². The van der Waals surface area contributed by atoms with Crippen LogP contribution in [0.1, 0.15) is 23.6 Å². The number of amides is 2. The van der Waals surface area contributed by atoms with Crippen molar-refractivity contribution in [2.75, 3.05) is 17.4 Å². The van der Waals surface area contributed by atoms with Gasteiger partial charge in [-0.3, -0.25) is 13.9 Å². The molecule has 43 heavy (non-hydrogen) atoms. The second-order valence-corrected chi connectivity index (χ2v) is 13.2. The molecule has 0 radical (unpaired) electrons. The predicted molar refractivity (Wildman–Crippen MR) is 174 cm³/mol. The topological polar surface area (TPSA) is 86.8 Å². The van der Waals surface area contributed by atoms with Crippen LogP contribution in [0.4, 0.5) is 5.69 Å². The lowest BCUT2D eigenvalue weighted by Crippen LogP contribution is -2.53. The molecule has 10 heteroatoms. The van der Waals surface area contributed by atoms with Crippen LogP contribution in [-0.2, 0) is 32.6 Å². The van der Waals surface area contributed by atoms with Gasteiger partial charge in [-0.05, 0) is 66.9 Å². The van der Waals surface area contributed by atoms with Crippen LogP contribution in [0.15, 0.2) is 112 Å². The van der Waals surface area contributed by atoms with E-state index >= 15 is 0 Å². The zero-order valence-corrected chi connectivity index (χ0v) is 27.1. The molecule has 0 bridgehead atoms. The Morgan fingerprint density at radius 1 is 0.884 bits per heavy atom. The number of carbonyl (C=O) groups excluding carboxylic acids is 2. The summed E-state index contributed by atoms with van der Waals surface area (Å²) in [6.07, 6.45) is 0.247. The third kappa shape index (κ3) is 8.25. The van der Waals surface area contributed by atoms with Crippen molar-refractivity contribution in [3.05, 3.63) is 129 Å². The second kappa shape index (κ2) is 14.7. The molecule has 0 fully saturated rings. The van der Waals surface area contributed by atoms with E-state index in [-0.39, 0.29) is 29.5 Å². The summed E-state index contributed by atoms with van der Waals surface area (Å²) in [6.45, 7) is 3.55. The molecule has 0 aliphatic heterocycles. The van der Waals surface area contributed by atoms with E-state index in [0.29, 0.717) is 11.6 Å². The molecule has 0 heterocycles. The molecule has 4 aromatic rings. The summed E-state index contributed by atoms with van der Waals surface area (Å²) in [5.74, 6) is -0.862. The Kier molecular flexibility index (Phi) is 11.0. The number of hydrogen-bond donors (Lipinski definition) is 1. The lowest BCUT2D eigenvalue weighted by Gasteiger charge is -2.34. The Hall–Kier alpha value is -3.66. The third-order valence-electron chi connectivity index (χ3n) is 6.94. The SMILES string of the molecule is CCNC(=O)C(Cc1ccccc1)N(Cc1ccc(Br)cc1)C(=O)CN(c1ccc(C)c(Cl)c1)S(=O)(=O)c1ccccc1. The fourth-order valence-corrected chi connectivity index (χ4v) is 6.48. The number of benzene rings is 4. The van der Waals surface area contributed by atoms with Gasteiger partial charge in [-0.25, -0.2) is 8.42 Å². The minimum atomic E-state index is -4.19. The maximum absolute atomic E-state index is 14.4. The van der Waals surface area contributed by atoms with Gasteiger partial charge < -0.3 is 10.2 Å². The Bertz CT molecular complexity index is 1650. The monoisotopic (exact) mass is 681 g/mol. The smallest absolute Gasteiger partial charge is 0.264 e. The van der Waals surface area contributed by atoms with Crippen molar-refractivity contribution >= 4 is 55.1 Å². The van der Waals surface area contributed by atoms with Gasteiger partial charge in [0.05, 0.1) is 10.6 Å². The van der Waals surface area contributed by atoms with E-state index in [1.165, 1.54) is 23.1 Å². The van der Waals surface area contributed by atoms with Gasteiger partial charge in [0.2, 0.25) is 11.8 Å². The number of carbonyl (C=O) groups is 2. The summed E-state index contributed by atoms with van der Waals surface area (Å²) in [6, 6.07) is 28.8. The molecule has 0 aliphatic carbocycles. The van der Waals surface area contributed by atoms with Gasteiger partial charge in [0.15, 0.2) is 0 Å². The average molecular weight is 683 g/mol. The Labute approximate surface area is 266 Å². The largest absolute Gasteiger partial charge is 0.355 e. The van der Waals surface area contributed by atoms with Crippen LogP contribution < -0.4 is 9.62 Å². The minimum Gasteiger partial charge on any atom is -0.355 e. The first kappa shape index (κ1) is 32.3. The van der Waals surface area contributed by atoms with Crippen molar-refractivity contribution in [2.45, 2.75) is 37.8 Å². The van der Waals surface area contributed by atoms with Crippen molar-refractivity contribution in [2.24, 2.45) is 0 Å². The highest BCUT2D eigenvalue weighted by atomic mass is 79.9. The summed E-state index contributed by atoms with van der Waals surface area (Å²) >= 11 is 9.86. The number of halogens is 2. The summed E-state index contributed by atoms with van der Waals surface area (Å²) in [5.41, 5.74) is 2.67. The number of rotatable bonds is 12. The molecular formula is C33H33BrClN3O4S. The predicted octanol–water partition coefficient (Wildman–Crippen LogP) is 6.38. The first-order valence-electron chi connectivity index (χ1n) is 13.8. The van der Waals surface area contributed by atoms with Crippen LogP contribution in [-0.4, -0.2) is 44.3 Å². The summed E-state index contributed by atoms with van der Waals surface area (Å²) in [5, 5.41) is 3.23. The molecule has 0 aliphatic rings. The van der Waals surface area contributed by atoms with E-state index in [2.05, 4.69) is 21.2 Å². The van der Waals surface area contributed by atoms with Gasteiger partial charge in [0.1, 0.15) is 12.6 Å². The number of aryl methyl sites for hydroxylation is 1. The molecular weight excluding hydrogens is 650 g/mol. The van der Waals surface area contributed by atoms with Crippen molar-refractivity contribution in [1.29, 1.82) is 0 Å². The van der Waals surface area contributed by atoms with E-state index in [4.69, 9.17) is 11.6 Å². The molecule has 1 unspecified atom stereocenters. The van der Waals surface area contributed by atoms with Gasteiger partial charge in [0, 0.05) is 29.0 Å². The summed E-state index contributed by atoms with van der Waals surface area (Å²) in [4.78, 5) is 29.4. The molecule has 224 valence electrons. The molecule has 0 aromatic heterocycles. The Morgan fingerprint density at radius 3 is 2.12 bits per heavy atom. The molecule has 0 saturated carbocycles. The minimum absolute atomic E-state index is 0.0310. The number of nitrogens with zero attached hydrogens (tertiary/aromatic N) is 2. The van der Waals surface area contributed by atoms with Crippen LogP contribution in [0.5, 0.6) is 0 Å². The van der Waals surface area contributed by atoms with Crippen molar-refractivity contribution < 1.29 is 18.0 Å². The number of sulfonamides is 1. The lowest BCUT2D eigenvalue weighted by atomic mass is 10.0. The van der Waals surface area contributed by atoms with Crippen molar-refractivity contribution in [1.82, 2.24) is 10.2 Å². The first-order valence-corrected chi connectivity index (χ1v) is 16.4. The fraction of sp³-hybridized carbons (Fsp3) is 0.212. The quantitative estimate of drug-likeness (QED) is 0.188. The Balaban J connectivity index is 1.80. The maximum atomic E-state index is 14.4. The van der Waals surface area contributed by atoms with Crippen LogP contribution in [0.25, 0.3) is 0 Å². The van der Waals surface area contributed by atoms with E-state index in [9.17, 15) is 18.0 Å². The first-order chi connectivity index (χ1) is 20.6. The second-order valence-electron chi connectivity index (χ2n) is 10.0. The number of nitrogens with one attached hydrogen (secondary N) is 1. The van der Waals surface area contributed by atoms with Gasteiger partial charge in [-0.15, -0.1) is 0 Å². The molecule has 0 saturated heterocycles. The third-order valence-corrected chi connectivity index (χ3v) is 9.67. The lowest BCUT2D eigenvalue weighted by molar-refractivity contribution is -0.140. The summed E-state index contributed by atoms with van der Waals surface area (Å²) in [7, 11) is -4.19. The highest BCUT2D eigenvalue weighted by molar-refractivity contribution is 9.10. The number of anilines is 1. The highest BCUT2D eigenvalue weighted by Gasteiger charge is 2.34. The van der Waals surface area contributed by atoms with E-state index < -0.39 is 28.5 Å². The highest BCUT2D eigenvalue weighted by Crippen LogP contribution is 2.29. The molecule has 1 atom stereocenters. The van der Waals surface area contributed by atoms with Crippen LogP contribution >= 0.6 is 27.5 Å². The normalized spacial score (nSPS) is 11.9. The molecule has 4 aromatic carbocycles. The molecule has 7 nitrogen and oxygen atoms in total. The van der Waals surface area contributed by atoms with Crippen molar-refractivity contribution in [3.63, 3.8) is 0 Å². The molecule has 4 rings (SSSR count). The van der Waals surface area contributed by atoms with Crippen LogP contribution in [0, 0.1) is 6.92 Å². The zero-order valence-electron chi connectivity index (χ0n) is 23.9. The molecule has 1 N–H and O–H groups in total. The van der Waals surface area contributed by atoms with E-state index in [1.807, 2.05) is 68.4 Å². The maximum Gasteiger partial charge on any atom is 0.264 e. The molecule has 2 amide bonds. The number of hydrogen-bond acceptors (Lipinski definition) is 4. The van der Waals surface area contributed by atoms with E-state index in [1.54, 1.807) is 30.3 Å². The average Bonchev–Trinajstić information content (AvgIpc) is 3.01. The van der Waals surface area contributed by atoms with Gasteiger partial charge >= 0.3 is 0 Å². The van der Waals surface area contributed by atoms with Crippen molar-refractivity contribution in [3.8, 4) is 0 Å².